The predicted octanol–water partition coefficient (Wildman–Crippen LogP) is 5.04. The monoisotopic (exact) mass is 348 g/mol. The molecule has 0 saturated heterocycles. The highest BCUT2D eigenvalue weighted by molar-refractivity contribution is 6.03. The van der Waals surface area contributed by atoms with Crippen LogP contribution in [-0.2, 0) is 14.3 Å². The summed E-state index contributed by atoms with van der Waals surface area (Å²) >= 11 is 0. The van der Waals surface area contributed by atoms with Crippen LogP contribution in [-0.4, -0.2) is 22.6 Å². The first-order valence-electron chi connectivity index (χ1n) is 9.69. The molecule has 2 aliphatic rings. The van der Waals surface area contributed by atoms with Crippen molar-refractivity contribution in [3.63, 3.8) is 0 Å². The summed E-state index contributed by atoms with van der Waals surface area (Å²) < 4.78 is 6.00. The number of ether oxygens (including phenoxy) is 1. The summed E-state index contributed by atoms with van der Waals surface area (Å²) in [4.78, 5) is 24.8. The molecule has 0 radical (unpaired) electrons. The molecule has 0 amide bonds. The third kappa shape index (κ3) is 3.54. The Morgan fingerprint density at radius 1 is 1.04 bits per heavy atom. The normalized spacial score (nSPS) is 22.8. The minimum Gasteiger partial charge on any atom is -0.478 e. The fourth-order valence-corrected chi connectivity index (χ4v) is 4.45. The zero-order valence-electron chi connectivity index (χ0n) is 16.3. The maximum absolute atomic E-state index is 13.0. The van der Waals surface area contributed by atoms with Gasteiger partial charge in [0.05, 0.1) is 11.1 Å². The molecule has 0 fully saturated rings. The lowest BCUT2D eigenvalue weighted by Crippen LogP contribution is -2.35. The highest BCUT2D eigenvalue weighted by Gasteiger charge is 2.48. The summed E-state index contributed by atoms with van der Waals surface area (Å²) in [7, 11) is 0. The average Bonchev–Trinajstić information content (AvgIpc) is 3.11. The van der Waals surface area contributed by atoms with Crippen molar-refractivity contribution in [2.24, 2.45) is 11.8 Å². The van der Waals surface area contributed by atoms with Crippen LogP contribution < -0.4 is 0 Å². The molecule has 2 unspecified atom stereocenters. The van der Waals surface area contributed by atoms with Crippen LogP contribution in [0.3, 0.4) is 0 Å². The lowest BCUT2D eigenvalue weighted by molar-refractivity contribution is -0.157. The van der Waals surface area contributed by atoms with Gasteiger partial charge in [-0.2, -0.15) is 0 Å². The summed E-state index contributed by atoms with van der Waals surface area (Å²) in [6.07, 6.45) is 6.35. The summed E-state index contributed by atoms with van der Waals surface area (Å²) in [5, 5.41) is 9.66. The van der Waals surface area contributed by atoms with E-state index in [2.05, 4.69) is 6.92 Å². The zero-order valence-corrected chi connectivity index (χ0v) is 16.3. The van der Waals surface area contributed by atoms with E-state index in [4.69, 9.17) is 4.74 Å². The fraction of sp³-hybridized carbons (Fsp3) is 0.714. The van der Waals surface area contributed by atoms with Crippen LogP contribution in [0.5, 0.6) is 0 Å². The SMILES string of the molecule is CCCCCC(CC)(CC)OC(=O)C1=C(C(=O)O)C2CC1C(C)=C2C. The molecule has 4 nitrogen and oxygen atoms in total. The van der Waals surface area contributed by atoms with Crippen LogP contribution in [0.2, 0.25) is 0 Å². The van der Waals surface area contributed by atoms with Gasteiger partial charge < -0.3 is 9.84 Å². The van der Waals surface area contributed by atoms with Crippen molar-refractivity contribution in [3.05, 3.63) is 22.3 Å². The molecular weight excluding hydrogens is 316 g/mol. The van der Waals surface area contributed by atoms with Gasteiger partial charge in [0.1, 0.15) is 5.60 Å². The lowest BCUT2D eigenvalue weighted by atomic mass is 9.86. The van der Waals surface area contributed by atoms with Gasteiger partial charge in [0, 0.05) is 11.8 Å². The molecule has 25 heavy (non-hydrogen) atoms. The Balaban J connectivity index is 2.26. The van der Waals surface area contributed by atoms with Gasteiger partial charge >= 0.3 is 11.9 Å². The number of unbranched alkanes of at least 4 members (excludes halogenated alkanes) is 2. The zero-order chi connectivity index (χ0) is 18.8. The highest BCUT2D eigenvalue weighted by atomic mass is 16.6. The van der Waals surface area contributed by atoms with E-state index in [-0.39, 0.29) is 17.4 Å². The lowest BCUT2D eigenvalue weighted by Gasteiger charge is -2.33. The van der Waals surface area contributed by atoms with Gasteiger partial charge in [-0.3, -0.25) is 0 Å². The number of fused-ring (bicyclic) bond motifs is 2. The second kappa shape index (κ2) is 7.76. The molecular formula is C21H32O4. The van der Waals surface area contributed by atoms with Gasteiger partial charge in [-0.05, 0) is 46.0 Å². The molecule has 2 rings (SSSR count). The van der Waals surface area contributed by atoms with Crippen molar-refractivity contribution in [1.29, 1.82) is 0 Å². The number of carbonyl (C=O) groups excluding carboxylic acids is 1. The quantitative estimate of drug-likeness (QED) is 0.360. The molecule has 2 aliphatic carbocycles. The van der Waals surface area contributed by atoms with Crippen molar-refractivity contribution in [2.75, 3.05) is 0 Å². The molecule has 4 heteroatoms. The summed E-state index contributed by atoms with van der Waals surface area (Å²) in [6, 6.07) is 0. The van der Waals surface area contributed by atoms with Gasteiger partial charge in [0.25, 0.3) is 0 Å². The van der Waals surface area contributed by atoms with Gasteiger partial charge in [-0.1, -0.05) is 44.8 Å². The molecule has 140 valence electrons. The molecule has 0 heterocycles. The Morgan fingerprint density at radius 3 is 2.08 bits per heavy atom. The van der Waals surface area contributed by atoms with Gasteiger partial charge in [0.2, 0.25) is 0 Å². The summed E-state index contributed by atoms with van der Waals surface area (Å²) in [5.41, 5.74) is 2.46. The van der Waals surface area contributed by atoms with Crippen molar-refractivity contribution in [1.82, 2.24) is 0 Å². The van der Waals surface area contributed by atoms with E-state index in [0.717, 1.165) is 49.7 Å². The third-order valence-corrected chi connectivity index (χ3v) is 6.41. The molecule has 2 atom stereocenters. The van der Waals surface area contributed by atoms with E-state index in [1.54, 1.807) is 0 Å². The molecule has 2 bridgehead atoms. The number of esters is 1. The summed E-state index contributed by atoms with van der Waals surface area (Å²) in [5.74, 6) is -1.58. The molecule has 0 aromatic rings. The van der Waals surface area contributed by atoms with E-state index < -0.39 is 17.5 Å². The number of hydrogen-bond donors (Lipinski definition) is 1. The standard InChI is InChI=1S/C21H32O4/c1-6-9-10-11-21(7-2,8-3)25-20(24)18-16-12-15(13(4)14(16)5)17(18)19(22)23/h15-16H,6-12H2,1-5H3,(H,22,23). The third-order valence-electron chi connectivity index (χ3n) is 6.41. The fourth-order valence-electron chi connectivity index (χ4n) is 4.45. The van der Waals surface area contributed by atoms with Crippen molar-refractivity contribution in [3.8, 4) is 0 Å². The Morgan fingerprint density at radius 2 is 1.60 bits per heavy atom. The Labute approximate surface area is 151 Å². The largest absolute Gasteiger partial charge is 0.478 e. The predicted molar refractivity (Wildman–Crippen MR) is 98.2 cm³/mol. The molecule has 1 N–H and O–H groups in total. The van der Waals surface area contributed by atoms with Crippen LogP contribution in [0.25, 0.3) is 0 Å². The van der Waals surface area contributed by atoms with Crippen molar-refractivity contribution >= 4 is 11.9 Å². The van der Waals surface area contributed by atoms with Crippen molar-refractivity contribution < 1.29 is 19.4 Å². The van der Waals surface area contributed by atoms with E-state index in [1.165, 1.54) is 0 Å². The van der Waals surface area contributed by atoms with E-state index >= 15 is 0 Å². The van der Waals surface area contributed by atoms with Gasteiger partial charge in [0.15, 0.2) is 0 Å². The van der Waals surface area contributed by atoms with Crippen LogP contribution in [0.1, 0.15) is 79.6 Å². The molecule has 0 saturated carbocycles. The smallest absolute Gasteiger partial charge is 0.335 e. The number of aliphatic carboxylic acids is 1. The Bertz CT molecular complexity index is 607. The second-order valence-corrected chi connectivity index (χ2v) is 7.58. The number of allylic oxidation sites excluding steroid dienone is 2. The molecule has 0 aromatic heterocycles. The molecule has 0 spiro atoms. The minimum absolute atomic E-state index is 0.0781. The Hall–Kier alpha value is -1.58. The average molecular weight is 348 g/mol. The Kier molecular flexibility index (Phi) is 6.12. The maximum atomic E-state index is 13.0. The maximum Gasteiger partial charge on any atom is 0.335 e. The second-order valence-electron chi connectivity index (χ2n) is 7.58. The van der Waals surface area contributed by atoms with E-state index in [9.17, 15) is 14.7 Å². The van der Waals surface area contributed by atoms with E-state index in [1.807, 2.05) is 27.7 Å². The number of rotatable bonds is 9. The topological polar surface area (TPSA) is 63.6 Å². The minimum atomic E-state index is -0.976. The van der Waals surface area contributed by atoms with Crippen LogP contribution in [0.4, 0.5) is 0 Å². The number of hydrogen-bond acceptors (Lipinski definition) is 3. The van der Waals surface area contributed by atoms with Crippen LogP contribution in [0.15, 0.2) is 22.3 Å². The first-order chi connectivity index (χ1) is 11.8. The highest BCUT2D eigenvalue weighted by Crippen LogP contribution is 2.52. The van der Waals surface area contributed by atoms with Gasteiger partial charge in [-0.25, -0.2) is 9.59 Å². The molecule has 0 aromatic carbocycles. The van der Waals surface area contributed by atoms with E-state index in [0.29, 0.717) is 12.0 Å². The van der Waals surface area contributed by atoms with Crippen LogP contribution in [0, 0.1) is 11.8 Å². The number of carboxylic acids is 1. The van der Waals surface area contributed by atoms with Gasteiger partial charge in [-0.15, -0.1) is 0 Å². The van der Waals surface area contributed by atoms with Crippen molar-refractivity contribution in [2.45, 2.75) is 85.2 Å². The number of carbonyl (C=O) groups is 2. The van der Waals surface area contributed by atoms with Crippen LogP contribution >= 0.6 is 0 Å². The summed E-state index contributed by atoms with van der Waals surface area (Å²) in [6.45, 7) is 10.2. The first kappa shape index (κ1) is 19.7. The number of carboxylic acid groups (broad SMARTS) is 1. The molecule has 0 aliphatic heterocycles. The first-order valence-corrected chi connectivity index (χ1v) is 9.69.